The van der Waals surface area contributed by atoms with Crippen molar-refractivity contribution in [2.45, 2.75) is 39.8 Å². The molecule has 0 radical (unpaired) electrons. The maximum atomic E-state index is 12.9. The van der Waals surface area contributed by atoms with E-state index >= 15 is 0 Å². The monoisotopic (exact) mass is 393 g/mol. The van der Waals surface area contributed by atoms with E-state index < -0.39 is 0 Å². The molecule has 0 aliphatic rings. The molecule has 3 heterocycles. The fraction of sp³-hybridized carbons (Fsp3) is 0.350. The van der Waals surface area contributed by atoms with Crippen LogP contribution in [-0.2, 0) is 11.3 Å². The molecule has 0 saturated heterocycles. The fourth-order valence-corrected chi connectivity index (χ4v) is 3.47. The number of aromatic nitrogens is 6. The van der Waals surface area contributed by atoms with Crippen LogP contribution < -0.4 is 11.0 Å². The van der Waals surface area contributed by atoms with E-state index in [9.17, 15) is 9.59 Å². The van der Waals surface area contributed by atoms with Crippen molar-refractivity contribution in [1.29, 1.82) is 0 Å². The molecule has 3 aromatic heterocycles. The van der Waals surface area contributed by atoms with Crippen molar-refractivity contribution in [1.82, 2.24) is 34.3 Å². The molecular weight excluding hydrogens is 370 g/mol. The van der Waals surface area contributed by atoms with Crippen LogP contribution in [0.4, 0.5) is 0 Å². The maximum Gasteiger partial charge on any atom is 0.350 e. The number of nitrogens with zero attached hydrogens (tertiary/aromatic N) is 6. The van der Waals surface area contributed by atoms with E-state index in [1.54, 1.807) is 15.4 Å². The van der Waals surface area contributed by atoms with Crippen LogP contribution in [0.1, 0.15) is 30.5 Å². The van der Waals surface area contributed by atoms with Gasteiger partial charge in [0.2, 0.25) is 5.91 Å². The molecule has 0 unspecified atom stereocenters. The van der Waals surface area contributed by atoms with E-state index in [4.69, 9.17) is 0 Å². The highest BCUT2D eigenvalue weighted by Gasteiger charge is 2.14. The number of fused-ring (bicyclic) bond motifs is 3. The molecule has 0 fully saturated rings. The number of carbonyl (C=O) groups excluding carboxylic acids is 1. The van der Waals surface area contributed by atoms with Crippen LogP contribution in [0.2, 0.25) is 0 Å². The average molecular weight is 393 g/mol. The first-order chi connectivity index (χ1) is 13.9. The molecule has 0 bridgehead atoms. The Kier molecular flexibility index (Phi) is 4.87. The highest BCUT2D eigenvalue weighted by Crippen LogP contribution is 2.19. The number of amides is 1. The number of hydrogen-bond donors (Lipinski definition) is 1. The van der Waals surface area contributed by atoms with E-state index in [1.165, 1.54) is 11.0 Å². The van der Waals surface area contributed by atoms with Gasteiger partial charge in [-0.1, -0.05) is 12.1 Å². The first kappa shape index (κ1) is 18.9. The Morgan fingerprint density at radius 2 is 2.07 bits per heavy atom. The summed E-state index contributed by atoms with van der Waals surface area (Å²) < 4.78 is 4.69. The molecule has 0 spiro atoms. The van der Waals surface area contributed by atoms with Crippen molar-refractivity contribution in [3.63, 3.8) is 0 Å². The Balaban J connectivity index is 1.50. The van der Waals surface area contributed by atoms with E-state index in [2.05, 4.69) is 20.5 Å². The summed E-state index contributed by atoms with van der Waals surface area (Å²) >= 11 is 0. The van der Waals surface area contributed by atoms with Crippen LogP contribution >= 0.6 is 0 Å². The topological polar surface area (TPSA) is 99.1 Å². The summed E-state index contributed by atoms with van der Waals surface area (Å²) in [5, 5.41) is 12.4. The third-order valence-corrected chi connectivity index (χ3v) is 5.01. The molecule has 150 valence electrons. The van der Waals surface area contributed by atoms with Gasteiger partial charge in [-0.25, -0.2) is 23.5 Å². The van der Waals surface area contributed by atoms with E-state index in [1.807, 2.05) is 45.0 Å². The Labute approximate surface area is 167 Å². The lowest BCUT2D eigenvalue weighted by molar-refractivity contribution is -0.121. The molecule has 1 aromatic carbocycles. The zero-order valence-corrected chi connectivity index (χ0v) is 16.7. The van der Waals surface area contributed by atoms with Gasteiger partial charge in [-0.3, -0.25) is 4.79 Å². The summed E-state index contributed by atoms with van der Waals surface area (Å²) in [5.74, 6) is -0.109. The summed E-state index contributed by atoms with van der Waals surface area (Å²) in [5.41, 5.74) is 3.29. The smallest absolute Gasteiger partial charge is 0.350 e. The highest BCUT2D eigenvalue weighted by molar-refractivity contribution is 5.84. The first-order valence-electron chi connectivity index (χ1n) is 9.54. The molecule has 1 atom stereocenters. The van der Waals surface area contributed by atoms with Gasteiger partial charge < -0.3 is 5.32 Å². The number of nitrogens with one attached hydrogen (secondary N) is 1. The number of rotatable bonds is 6. The van der Waals surface area contributed by atoms with Crippen LogP contribution in [-0.4, -0.2) is 41.4 Å². The molecule has 0 aliphatic heterocycles. The minimum Gasteiger partial charge on any atom is -0.354 e. The highest BCUT2D eigenvalue weighted by atomic mass is 16.2. The minimum absolute atomic E-state index is 0.0901. The van der Waals surface area contributed by atoms with Gasteiger partial charge in [0.05, 0.1) is 18.1 Å². The van der Waals surface area contributed by atoms with Crippen LogP contribution in [0.3, 0.4) is 0 Å². The van der Waals surface area contributed by atoms with Gasteiger partial charge in [0.15, 0.2) is 5.65 Å². The average Bonchev–Trinajstić information content (AvgIpc) is 3.32. The zero-order valence-electron chi connectivity index (χ0n) is 16.7. The SMILES string of the molecule is Cc1ccc2cc(C)c3nn(CCNC(=O)C[C@@H](C)n4cncn4)c(=O)n3c2c1. The second kappa shape index (κ2) is 7.50. The van der Waals surface area contributed by atoms with Crippen molar-refractivity contribution in [3.8, 4) is 0 Å². The third-order valence-electron chi connectivity index (χ3n) is 5.01. The standard InChI is InChI=1S/C20H23N7O2/c1-13-4-5-16-9-14(2)19-24-25(20(29)27(19)17(16)8-13)7-6-22-18(28)10-15(3)26-12-21-11-23-26/h4-5,8-9,11-12,15H,6-7,10H2,1-3H3,(H,22,28)/t15-/m1/s1. The van der Waals surface area contributed by atoms with Gasteiger partial charge in [-0.2, -0.15) is 5.10 Å². The number of carbonyl (C=O) groups is 1. The van der Waals surface area contributed by atoms with Crippen LogP contribution in [0.15, 0.2) is 41.7 Å². The summed E-state index contributed by atoms with van der Waals surface area (Å²) in [7, 11) is 0. The molecule has 0 saturated carbocycles. The molecule has 9 nitrogen and oxygen atoms in total. The Hall–Kier alpha value is -3.49. The predicted octanol–water partition coefficient (Wildman–Crippen LogP) is 1.63. The number of hydrogen-bond acceptors (Lipinski definition) is 5. The number of benzene rings is 1. The van der Waals surface area contributed by atoms with Gasteiger partial charge in [0.1, 0.15) is 12.7 Å². The summed E-state index contributed by atoms with van der Waals surface area (Å²) in [6.07, 6.45) is 3.31. The summed E-state index contributed by atoms with van der Waals surface area (Å²) in [6.45, 7) is 6.46. The van der Waals surface area contributed by atoms with Gasteiger partial charge >= 0.3 is 5.69 Å². The molecule has 4 rings (SSSR count). The maximum absolute atomic E-state index is 12.9. The Morgan fingerprint density at radius 1 is 1.24 bits per heavy atom. The predicted molar refractivity (Wildman–Crippen MR) is 109 cm³/mol. The first-order valence-corrected chi connectivity index (χ1v) is 9.54. The van der Waals surface area contributed by atoms with Crippen molar-refractivity contribution >= 4 is 22.5 Å². The lowest BCUT2D eigenvalue weighted by Gasteiger charge is -2.11. The Bertz CT molecular complexity index is 1240. The summed E-state index contributed by atoms with van der Waals surface area (Å²) in [4.78, 5) is 29.0. The normalized spacial score (nSPS) is 12.5. The molecule has 29 heavy (non-hydrogen) atoms. The van der Waals surface area contributed by atoms with Crippen molar-refractivity contribution in [3.05, 3.63) is 58.5 Å². The second-order valence-electron chi connectivity index (χ2n) is 7.33. The number of aryl methyl sites for hydroxylation is 2. The van der Waals surface area contributed by atoms with Gasteiger partial charge in [0, 0.05) is 13.0 Å². The Morgan fingerprint density at radius 3 is 2.83 bits per heavy atom. The van der Waals surface area contributed by atoms with Crippen LogP contribution in [0.25, 0.3) is 16.6 Å². The molecule has 0 aliphatic carbocycles. The molecule has 4 aromatic rings. The van der Waals surface area contributed by atoms with Gasteiger partial charge in [-0.15, -0.1) is 5.10 Å². The van der Waals surface area contributed by atoms with E-state index in [0.717, 1.165) is 22.0 Å². The lowest BCUT2D eigenvalue weighted by Crippen LogP contribution is -2.32. The molecule has 1 N–H and O–H groups in total. The molecule has 1 amide bonds. The van der Waals surface area contributed by atoms with Gasteiger partial charge in [0.25, 0.3) is 0 Å². The summed E-state index contributed by atoms with van der Waals surface area (Å²) in [6, 6.07) is 7.97. The van der Waals surface area contributed by atoms with Crippen molar-refractivity contribution < 1.29 is 4.79 Å². The fourth-order valence-electron chi connectivity index (χ4n) is 3.47. The van der Waals surface area contributed by atoms with Crippen molar-refractivity contribution in [2.24, 2.45) is 0 Å². The largest absolute Gasteiger partial charge is 0.354 e. The van der Waals surface area contributed by atoms with Crippen LogP contribution in [0, 0.1) is 13.8 Å². The lowest BCUT2D eigenvalue weighted by atomic mass is 10.1. The quantitative estimate of drug-likeness (QED) is 0.537. The van der Waals surface area contributed by atoms with Crippen LogP contribution in [0.5, 0.6) is 0 Å². The molecular formula is C20H23N7O2. The van der Waals surface area contributed by atoms with Crippen molar-refractivity contribution in [2.75, 3.05) is 6.54 Å². The number of pyridine rings is 1. The van der Waals surface area contributed by atoms with E-state index in [-0.39, 0.29) is 24.1 Å². The second-order valence-corrected chi connectivity index (χ2v) is 7.33. The third kappa shape index (κ3) is 3.63. The minimum atomic E-state index is -0.204. The molecule has 9 heteroatoms. The zero-order chi connectivity index (χ0) is 20.5. The van der Waals surface area contributed by atoms with E-state index in [0.29, 0.717) is 18.7 Å². The van der Waals surface area contributed by atoms with Gasteiger partial charge in [-0.05, 0) is 49.4 Å².